The maximum absolute atomic E-state index is 9.40. The molecular formula is C44H28O. The average molecular weight is 587 g/mol. The maximum atomic E-state index is 9.40. The Morgan fingerprint density at radius 3 is 1.47 bits per heavy atom. The monoisotopic (exact) mass is 586 g/mol. The third-order valence-electron chi connectivity index (χ3n) is 8.18. The molecule has 1 heterocycles. The molecule has 0 atom stereocenters. The lowest BCUT2D eigenvalue weighted by molar-refractivity contribution is 0.669. The second-order valence-electron chi connectivity index (χ2n) is 10.6. The Bertz CT molecular complexity index is 3220. The molecule has 0 fully saturated rings. The highest BCUT2D eigenvalue weighted by atomic mass is 16.3. The van der Waals surface area contributed by atoms with Crippen LogP contribution in [0.1, 0.15) is 19.2 Å². The van der Waals surface area contributed by atoms with E-state index in [9.17, 15) is 2.74 Å². The summed E-state index contributed by atoms with van der Waals surface area (Å²) < 4.78 is 129. The molecule has 0 amide bonds. The minimum absolute atomic E-state index is 0.0314. The molecule has 45 heavy (non-hydrogen) atoms. The van der Waals surface area contributed by atoms with Crippen LogP contribution in [0, 0.1) is 0 Å². The Balaban J connectivity index is 1.54. The summed E-state index contributed by atoms with van der Waals surface area (Å²) in [4.78, 5) is 0. The highest BCUT2D eigenvalue weighted by molar-refractivity contribution is 6.28. The number of furan rings is 1. The average Bonchev–Trinajstić information content (AvgIpc) is 3.63. The summed E-state index contributed by atoms with van der Waals surface area (Å²) >= 11 is 0. The fourth-order valence-corrected chi connectivity index (χ4v) is 6.40. The van der Waals surface area contributed by atoms with Crippen molar-refractivity contribution in [1.82, 2.24) is 0 Å². The molecule has 0 spiro atoms. The van der Waals surface area contributed by atoms with Gasteiger partial charge in [-0.1, -0.05) is 157 Å². The second-order valence-corrected chi connectivity index (χ2v) is 10.6. The topological polar surface area (TPSA) is 13.1 Å². The standard InChI is InChI=1S/C44H28O/c1-3-15-29(16-4-1)31-19-7-8-20-33(31)41-34-21-9-11-23-36(34)42(37-24-12-10-22-35(37)41)44-32(30-17-5-2-6-18-30)27-28-40-43(44)38-25-13-14-26-39(38)45-40/h1-28H/i1D,2D,3D,4D,5D,6D,7D,8D,15D,16D,17D,18D,19D,20D. The van der Waals surface area contributed by atoms with Gasteiger partial charge in [-0.05, 0) is 72.6 Å². The Morgan fingerprint density at radius 1 is 0.356 bits per heavy atom. The van der Waals surface area contributed by atoms with Crippen LogP contribution in [0.2, 0.25) is 0 Å². The van der Waals surface area contributed by atoms with Crippen LogP contribution in [0.3, 0.4) is 0 Å². The fourth-order valence-electron chi connectivity index (χ4n) is 6.40. The largest absolute Gasteiger partial charge is 0.456 e. The van der Waals surface area contributed by atoms with E-state index in [1.165, 1.54) is 0 Å². The van der Waals surface area contributed by atoms with Crippen molar-refractivity contribution in [3.63, 3.8) is 0 Å². The van der Waals surface area contributed by atoms with Crippen LogP contribution in [0.4, 0.5) is 0 Å². The van der Waals surface area contributed by atoms with E-state index in [0.29, 0.717) is 65.7 Å². The maximum Gasteiger partial charge on any atom is 0.136 e. The molecule has 210 valence electrons. The van der Waals surface area contributed by atoms with Crippen molar-refractivity contribution in [2.75, 3.05) is 0 Å². The number of fused-ring (bicyclic) bond motifs is 5. The van der Waals surface area contributed by atoms with E-state index in [1.807, 2.05) is 36.4 Å². The second kappa shape index (κ2) is 10.4. The molecule has 1 nitrogen and oxygen atoms in total. The van der Waals surface area contributed by atoms with Gasteiger partial charge in [0.15, 0.2) is 0 Å². The zero-order valence-corrected chi connectivity index (χ0v) is 23.5. The highest BCUT2D eigenvalue weighted by Gasteiger charge is 2.24. The smallest absolute Gasteiger partial charge is 0.136 e. The molecule has 0 aliphatic carbocycles. The summed E-state index contributed by atoms with van der Waals surface area (Å²) in [5, 5.41) is 3.34. The molecule has 0 bridgehead atoms. The van der Waals surface area contributed by atoms with Crippen molar-refractivity contribution < 1.29 is 23.6 Å². The van der Waals surface area contributed by atoms with Gasteiger partial charge in [-0.2, -0.15) is 0 Å². The van der Waals surface area contributed by atoms with Crippen LogP contribution in [-0.4, -0.2) is 0 Å². The lowest BCUT2D eigenvalue weighted by Gasteiger charge is -2.21. The van der Waals surface area contributed by atoms with Gasteiger partial charge in [0.1, 0.15) is 11.2 Å². The Kier molecular flexibility index (Phi) is 3.50. The Morgan fingerprint density at radius 2 is 0.844 bits per heavy atom. The molecule has 0 aliphatic rings. The van der Waals surface area contributed by atoms with Crippen LogP contribution in [0.25, 0.3) is 88.0 Å². The van der Waals surface area contributed by atoms with Crippen LogP contribution < -0.4 is 0 Å². The molecule has 1 aromatic heterocycles. The molecule has 0 saturated carbocycles. The van der Waals surface area contributed by atoms with Crippen molar-refractivity contribution >= 4 is 43.5 Å². The molecule has 0 radical (unpaired) electrons. The summed E-state index contributed by atoms with van der Waals surface area (Å²) in [5.41, 5.74) is 1.96. The van der Waals surface area contributed by atoms with Gasteiger partial charge in [-0.15, -0.1) is 0 Å². The number of rotatable bonds is 4. The van der Waals surface area contributed by atoms with E-state index in [0.717, 1.165) is 0 Å². The quantitative estimate of drug-likeness (QED) is 0.187. The first-order valence-corrected chi connectivity index (χ1v) is 14.3. The van der Waals surface area contributed by atoms with Crippen LogP contribution in [0.15, 0.2) is 174 Å². The minimum atomic E-state index is -0.662. The lowest BCUT2D eigenvalue weighted by atomic mass is 9.81. The zero-order chi connectivity index (χ0) is 41.9. The molecule has 9 rings (SSSR count). The number of hydrogen-bond donors (Lipinski definition) is 0. The van der Waals surface area contributed by atoms with Gasteiger partial charge < -0.3 is 4.42 Å². The molecule has 0 saturated heterocycles. The van der Waals surface area contributed by atoms with Crippen molar-refractivity contribution in [1.29, 1.82) is 0 Å². The Hall–Kier alpha value is -5.92. The van der Waals surface area contributed by atoms with E-state index in [2.05, 4.69) is 0 Å². The molecule has 0 unspecified atom stereocenters. The molecule has 0 aliphatic heterocycles. The van der Waals surface area contributed by atoms with Crippen molar-refractivity contribution in [3.05, 3.63) is 170 Å². The van der Waals surface area contributed by atoms with Gasteiger partial charge in [0.25, 0.3) is 0 Å². The van der Waals surface area contributed by atoms with Crippen molar-refractivity contribution in [2.24, 2.45) is 0 Å². The zero-order valence-electron chi connectivity index (χ0n) is 37.5. The van der Waals surface area contributed by atoms with Crippen molar-refractivity contribution in [2.45, 2.75) is 0 Å². The predicted molar refractivity (Wildman–Crippen MR) is 190 cm³/mol. The van der Waals surface area contributed by atoms with Gasteiger partial charge in [-0.25, -0.2) is 0 Å². The molecular weight excluding hydrogens is 544 g/mol. The summed E-state index contributed by atoms with van der Waals surface area (Å²) in [6, 6.07) is 17.1. The molecule has 0 N–H and O–H groups in total. The van der Waals surface area contributed by atoms with Gasteiger partial charge in [0.05, 0.1) is 19.2 Å². The predicted octanol–water partition coefficient (Wildman–Crippen LogP) is 12.6. The third-order valence-corrected chi connectivity index (χ3v) is 8.18. The summed E-state index contributed by atoms with van der Waals surface area (Å²) in [5.74, 6) is 0. The van der Waals surface area contributed by atoms with E-state index in [1.54, 1.807) is 48.5 Å². The summed E-state index contributed by atoms with van der Waals surface area (Å²) in [6.45, 7) is 0. The van der Waals surface area contributed by atoms with Gasteiger partial charge >= 0.3 is 0 Å². The Labute approximate surface area is 281 Å². The number of benzene rings is 8. The third kappa shape index (κ3) is 4.02. The van der Waals surface area contributed by atoms with Crippen molar-refractivity contribution in [3.8, 4) is 44.5 Å². The molecule has 9 aromatic rings. The van der Waals surface area contributed by atoms with E-state index < -0.39 is 84.6 Å². The van der Waals surface area contributed by atoms with Gasteiger partial charge in [0, 0.05) is 16.3 Å². The first-order valence-electron chi connectivity index (χ1n) is 21.3. The first-order chi connectivity index (χ1) is 28.2. The highest BCUT2D eigenvalue weighted by Crippen LogP contribution is 2.50. The van der Waals surface area contributed by atoms with Crippen LogP contribution in [-0.2, 0) is 0 Å². The number of hydrogen-bond acceptors (Lipinski definition) is 1. The SMILES string of the molecule is [2H]c1c([2H])c([2H])c(-c2ccc3oc4ccccc4c3c2-c2c3ccccc3c(-c3c([2H])c([2H])c([2H])c([2H])c3-c3c([2H])c([2H])c([2H])c([2H])c3[2H])c3ccccc23)c([2H])c1[2H]. The van der Waals surface area contributed by atoms with E-state index in [-0.39, 0.29) is 22.3 Å². The minimum Gasteiger partial charge on any atom is -0.456 e. The molecule has 1 heteroatoms. The van der Waals surface area contributed by atoms with Crippen LogP contribution >= 0.6 is 0 Å². The van der Waals surface area contributed by atoms with E-state index >= 15 is 0 Å². The molecule has 8 aromatic carbocycles. The number of para-hydroxylation sites is 1. The summed E-state index contributed by atoms with van der Waals surface area (Å²) in [6.07, 6.45) is 0. The van der Waals surface area contributed by atoms with E-state index in [4.69, 9.17) is 20.9 Å². The lowest BCUT2D eigenvalue weighted by Crippen LogP contribution is -1.94. The first kappa shape index (κ1) is 15.2. The normalized spacial score (nSPS) is 15.9. The fraction of sp³-hybridized carbons (Fsp3) is 0. The summed E-state index contributed by atoms with van der Waals surface area (Å²) in [7, 11) is 0. The van der Waals surface area contributed by atoms with Gasteiger partial charge in [0.2, 0.25) is 0 Å². The van der Waals surface area contributed by atoms with Crippen LogP contribution in [0.5, 0.6) is 0 Å². The van der Waals surface area contributed by atoms with Gasteiger partial charge in [-0.3, -0.25) is 0 Å².